The summed E-state index contributed by atoms with van der Waals surface area (Å²) in [6.45, 7) is 11.5. The van der Waals surface area contributed by atoms with Gasteiger partial charge in [-0.25, -0.2) is 4.79 Å². The lowest BCUT2D eigenvalue weighted by Crippen LogP contribution is -2.36. The highest BCUT2D eigenvalue weighted by atomic mass is 19.3. The molecule has 40 heavy (non-hydrogen) atoms. The van der Waals surface area contributed by atoms with E-state index in [1.807, 2.05) is 33.8 Å². The van der Waals surface area contributed by atoms with E-state index in [1.165, 1.54) is 0 Å². The van der Waals surface area contributed by atoms with E-state index >= 15 is 0 Å². The molecule has 1 aliphatic rings. The third-order valence-electron chi connectivity index (χ3n) is 6.92. The number of ether oxygens (including phenoxy) is 2. The monoisotopic (exact) mass is 573 g/mol. The number of carbonyl (C=O) groups is 2. The standard InChI is InChI=1S/C29H39F4NO6/c1-16(2)10-19(15-34)12-25(37)40-29(32,33)9-8-28(30,31)27(38)39-20-13-23(35)26(24(36)14-20)22-11-18(5)6-7-21(22)17(3)4/h11,13-14,16,19,21-22,35-36H,3,6-10,12,15,34H2,1-2,4-5H3/t19-,21-,22+/m0/s1. The van der Waals surface area contributed by atoms with E-state index in [4.69, 9.17) is 5.73 Å². The van der Waals surface area contributed by atoms with Gasteiger partial charge in [0.25, 0.3) is 0 Å². The predicted octanol–water partition coefficient (Wildman–Crippen LogP) is 6.58. The number of benzene rings is 1. The first-order valence-corrected chi connectivity index (χ1v) is 13.2. The number of nitrogens with two attached hydrogens (primary N) is 1. The molecule has 224 valence electrons. The number of alkyl halides is 4. The lowest BCUT2D eigenvalue weighted by molar-refractivity contribution is -0.241. The molecule has 0 aromatic heterocycles. The topological polar surface area (TPSA) is 119 Å². The molecule has 1 aromatic rings. The fourth-order valence-electron chi connectivity index (χ4n) is 4.92. The Labute approximate surface area is 232 Å². The molecule has 1 aliphatic carbocycles. The first-order chi connectivity index (χ1) is 18.5. The number of allylic oxidation sites excluding steroid dienone is 3. The molecule has 0 aliphatic heterocycles. The lowest BCUT2D eigenvalue weighted by Gasteiger charge is -2.31. The van der Waals surface area contributed by atoms with Gasteiger partial charge in [0, 0.05) is 36.5 Å². The van der Waals surface area contributed by atoms with Gasteiger partial charge in [-0.3, -0.25) is 4.79 Å². The van der Waals surface area contributed by atoms with Crippen molar-refractivity contribution in [3.05, 3.63) is 41.5 Å². The Morgan fingerprint density at radius 3 is 2.27 bits per heavy atom. The van der Waals surface area contributed by atoms with Crippen molar-refractivity contribution < 1.29 is 46.8 Å². The largest absolute Gasteiger partial charge is 0.507 e. The fourth-order valence-corrected chi connectivity index (χ4v) is 4.92. The number of rotatable bonds is 13. The molecule has 7 nitrogen and oxygen atoms in total. The molecule has 0 saturated carbocycles. The number of esters is 2. The molecule has 0 amide bonds. The fraction of sp³-hybridized carbons (Fsp3) is 0.586. The van der Waals surface area contributed by atoms with Gasteiger partial charge in [-0.15, -0.1) is 0 Å². The van der Waals surface area contributed by atoms with Gasteiger partial charge in [0.05, 0.1) is 6.42 Å². The van der Waals surface area contributed by atoms with Crippen molar-refractivity contribution in [2.24, 2.45) is 23.5 Å². The number of hydrogen-bond donors (Lipinski definition) is 3. The van der Waals surface area contributed by atoms with E-state index in [0.717, 1.165) is 36.1 Å². The average Bonchev–Trinajstić information content (AvgIpc) is 2.81. The van der Waals surface area contributed by atoms with Gasteiger partial charge in [0.15, 0.2) is 0 Å². The Kier molecular flexibility index (Phi) is 11.2. The third-order valence-corrected chi connectivity index (χ3v) is 6.92. The summed E-state index contributed by atoms with van der Waals surface area (Å²) in [4.78, 5) is 24.0. The van der Waals surface area contributed by atoms with Crippen LogP contribution < -0.4 is 10.5 Å². The molecule has 3 atom stereocenters. The van der Waals surface area contributed by atoms with Crippen molar-refractivity contribution in [1.82, 2.24) is 0 Å². The Morgan fingerprint density at radius 2 is 1.75 bits per heavy atom. The van der Waals surface area contributed by atoms with Gasteiger partial charge in [-0.1, -0.05) is 37.6 Å². The molecular weight excluding hydrogens is 534 g/mol. The molecule has 0 heterocycles. The zero-order valence-electron chi connectivity index (χ0n) is 23.3. The molecule has 0 fully saturated rings. The maximum atomic E-state index is 14.4. The maximum Gasteiger partial charge on any atom is 0.400 e. The highest BCUT2D eigenvalue weighted by Crippen LogP contribution is 2.47. The van der Waals surface area contributed by atoms with Crippen LogP contribution in [-0.4, -0.2) is 40.7 Å². The summed E-state index contributed by atoms with van der Waals surface area (Å²) in [6.07, 6.45) is -4.04. The van der Waals surface area contributed by atoms with Crippen molar-refractivity contribution in [3.63, 3.8) is 0 Å². The summed E-state index contributed by atoms with van der Waals surface area (Å²) >= 11 is 0. The van der Waals surface area contributed by atoms with E-state index < -0.39 is 72.3 Å². The van der Waals surface area contributed by atoms with Crippen LogP contribution >= 0.6 is 0 Å². The second-order valence-electron chi connectivity index (χ2n) is 11.0. The van der Waals surface area contributed by atoms with Gasteiger partial charge >= 0.3 is 24.0 Å². The number of halogens is 4. The zero-order chi connectivity index (χ0) is 30.4. The first kappa shape index (κ1) is 33.1. The second-order valence-corrected chi connectivity index (χ2v) is 11.0. The Balaban J connectivity index is 2.07. The highest BCUT2D eigenvalue weighted by Gasteiger charge is 2.46. The van der Waals surface area contributed by atoms with Gasteiger partial charge < -0.3 is 25.4 Å². The summed E-state index contributed by atoms with van der Waals surface area (Å²) in [5.74, 6) is -10.2. The van der Waals surface area contributed by atoms with Crippen LogP contribution in [0.2, 0.25) is 0 Å². The first-order valence-electron chi connectivity index (χ1n) is 13.2. The Bertz CT molecular complexity index is 1090. The summed E-state index contributed by atoms with van der Waals surface area (Å²) < 4.78 is 65.8. The van der Waals surface area contributed by atoms with Crippen LogP contribution in [0.15, 0.2) is 35.9 Å². The lowest BCUT2D eigenvalue weighted by atomic mass is 9.74. The highest BCUT2D eigenvalue weighted by molar-refractivity contribution is 5.80. The number of phenols is 2. The van der Waals surface area contributed by atoms with Gasteiger partial charge in [-0.2, -0.15) is 17.6 Å². The van der Waals surface area contributed by atoms with Crippen LogP contribution in [0.5, 0.6) is 17.2 Å². The molecule has 0 bridgehead atoms. The Morgan fingerprint density at radius 1 is 1.15 bits per heavy atom. The number of phenolic OH excluding ortho intramolecular Hbond substituents is 2. The van der Waals surface area contributed by atoms with Crippen LogP contribution in [0, 0.1) is 17.8 Å². The van der Waals surface area contributed by atoms with Gasteiger partial charge in [0.2, 0.25) is 0 Å². The molecule has 1 aromatic carbocycles. The predicted molar refractivity (Wildman–Crippen MR) is 141 cm³/mol. The average molecular weight is 574 g/mol. The normalized spacial score (nSPS) is 18.7. The van der Waals surface area contributed by atoms with Crippen molar-refractivity contribution in [1.29, 1.82) is 0 Å². The summed E-state index contributed by atoms with van der Waals surface area (Å²) in [5, 5.41) is 21.2. The minimum Gasteiger partial charge on any atom is -0.507 e. The van der Waals surface area contributed by atoms with Crippen molar-refractivity contribution in [2.45, 2.75) is 84.2 Å². The zero-order valence-corrected chi connectivity index (χ0v) is 23.3. The second kappa shape index (κ2) is 13.5. The molecule has 0 radical (unpaired) electrons. The quantitative estimate of drug-likeness (QED) is 0.106. The minimum absolute atomic E-state index is 0.0698. The van der Waals surface area contributed by atoms with E-state index in [0.29, 0.717) is 6.42 Å². The van der Waals surface area contributed by atoms with E-state index in [1.54, 1.807) is 0 Å². The molecule has 0 spiro atoms. The van der Waals surface area contributed by atoms with E-state index in [9.17, 15) is 37.4 Å². The number of carbonyl (C=O) groups excluding carboxylic acids is 2. The molecule has 4 N–H and O–H groups in total. The molecule has 0 saturated heterocycles. The smallest absolute Gasteiger partial charge is 0.400 e. The van der Waals surface area contributed by atoms with Crippen LogP contribution in [0.4, 0.5) is 17.6 Å². The summed E-state index contributed by atoms with van der Waals surface area (Å²) in [6, 6.07) is 1.80. The molecule has 2 rings (SSSR count). The van der Waals surface area contributed by atoms with Crippen molar-refractivity contribution >= 4 is 11.9 Å². The van der Waals surface area contributed by atoms with Crippen LogP contribution in [-0.2, 0) is 14.3 Å². The third kappa shape index (κ3) is 9.25. The van der Waals surface area contributed by atoms with Crippen molar-refractivity contribution in [3.8, 4) is 17.2 Å². The van der Waals surface area contributed by atoms with Crippen molar-refractivity contribution in [2.75, 3.05) is 6.54 Å². The number of hydrogen-bond acceptors (Lipinski definition) is 7. The molecule has 11 heteroatoms. The summed E-state index contributed by atoms with van der Waals surface area (Å²) in [7, 11) is 0. The van der Waals surface area contributed by atoms with Gasteiger partial charge in [-0.05, 0) is 57.4 Å². The van der Waals surface area contributed by atoms with Crippen LogP contribution in [0.1, 0.15) is 77.7 Å². The van der Waals surface area contributed by atoms with Gasteiger partial charge in [0.1, 0.15) is 17.2 Å². The van der Waals surface area contributed by atoms with E-state index in [-0.39, 0.29) is 23.9 Å². The minimum atomic E-state index is -4.38. The van der Waals surface area contributed by atoms with Crippen LogP contribution in [0.25, 0.3) is 0 Å². The molecule has 0 unspecified atom stereocenters. The summed E-state index contributed by atoms with van der Waals surface area (Å²) in [5.41, 5.74) is 7.55. The van der Waals surface area contributed by atoms with Crippen LogP contribution in [0.3, 0.4) is 0 Å². The number of aromatic hydroxyl groups is 2. The molecular formula is C29H39F4NO6. The maximum absolute atomic E-state index is 14.4. The SMILES string of the molecule is C=C(C)[C@@H]1CCC(C)=C[C@H]1c1c(O)cc(OC(=O)C(F)(F)CCC(F)(F)OC(=O)C[C@@H](CN)CC(C)C)cc1O. The Hall–Kier alpha value is -3.08. The van der Waals surface area contributed by atoms with E-state index in [2.05, 4.69) is 16.1 Å².